The van der Waals surface area contributed by atoms with Crippen LogP contribution in [-0.4, -0.2) is 40.2 Å². The first-order valence-electron chi connectivity index (χ1n) is 11.2. The van der Waals surface area contributed by atoms with E-state index in [4.69, 9.17) is 21.1 Å². The van der Waals surface area contributed by atoms with Gasteiger partial charge in [0.2, 0.25) is 11.5 Å². The van der Waals surface area contributed by atoms with Crippen LogP contribution in [0.2, 0.25) is 5.02 Å². The van der Waals surface area contributed by atoms with E-state index < -0.39 is 45.4 Å². The third kappa shape index (κ3) is 5.94. The number of nitrogens with zero attached hydrogens (tertiary/aromatic N) is 3. The van der Waals surface area contributed by atoms with Crippen molar-refractivity contribution in [1.82, 2.24) is 4.90 Å². The number of ketones is 1. The van der Waals surface area contributed by atoms with Crippen LogP contribution in [0.25, 0.3) is 0 Å². The van der Waals surface area contributed by atoms with Crippen molar-refractivity contribution in [3.05, 3.63) is 57.1 Å². The minimum absolute atomic E-state index is 0.163. The highest BCUT2D eigenvalue weighted by Crippen LogP contribution is 2.40. The largest absolute Gasteiger partial charge is 0.456 e. The van der Waals surface area contributed by atoms with Crippen LogP contribution in [0.3, 0.4) is 0 Å². The van der Waals surface area contributed by atoms with Gasteiger partial charge >= 0.3 is 17.5 Å². The van der Waals surface area contributed by atoms with Gasteiger partial charge in [0.05, 0.1) is 15.5 Å². The molecule has 2 aromatic rings. The van der Waals surface area contributed by atoms with E-state index in [0.717, 1.165) is 36.8 Å². The molecule has 13 heteroatoms. The summed E-state index contributed by atoms with van der Waals surface area (Å²) in [5.74, 6) is -2.79. The molecule has 0 aromatic heterocycles. The fourth-order valence-electron chi connectivity index (χ4n) is 3.76. The first-order chi connectivity index (χ1) is 17.4. The molecule has 0 spiro atoms. The van der Waals surface area contributed by atoms with Gasteiger partial charge in [-0.1, -0.05) is 18.5 Å². The minimum atomic E-state index is -4.64. The molecule has 196 valence electrons. The summed E-state index contributed by atoms with van der Waals surface area (Å²) in [5.41, 5.74) is -4.35. The summed E-state index contributed by atoms with van der Waals surface area (Å²) in [6.45, 7) is 2.00. The van der Waals surface area contributed by atoms with E-state index in [-0.39, 0.29) is 22.9 Å². The van der Waals surface area contributed by atoms with Crippen LogP contribution in [0.1, 0.15) is 38.2 Å². The normalized spacial score (nSPS) is 15.3. The molecule has 1 heterocycles. The maximum Gasteiger partial charge on any atom is 0.416 e. The van der Waals surface area contributed by atoms with E-state index >= 15 is 0 Å². The quantitative estimate of drug-likeness (QED) is 0.240. The van der Waals surface area contributed by atoms with Crippen molar-refractivity contribution in [2.45, 2.75) is 44.4 Å². The standard InChI is InChI=1S/C24H21ClF3N3O6/c1-2-21(32)23(14-29,22(33)30-10-4-3-5-11-30)37-20-13-16(7-8-18(20)31(34)35)36-19-9-6-15(12-17(19)25)24(26,27)28/h6-9,12-13H,2-5,10-11H2,1H3. The fraction of sp³-hybridized carbons (Fsp3) is 0.375. The predicted molar refractivity (Wildman–Crippen MR) is 124 cm³/mol. The molecule has 1 aliphatic heterocycles. The summed E-state index contributed by atoms with van der Waals surface area (Å²) in [7, 11) is 0. The fourth-order valence-corrected chi connectivity index (χ4v) is 3.98. The molecule has 1 unspecified atom stereocenters. The Hall–Kier alpha value is -3.85. The van der Waals surface area contributed by atoms with Crippen LogP contribution in [0.15, 0.2) is 36.4 Å². The zero-order valence-corrected chi connectivity index (χ0v) is 20.3. The van der Waals surface area contributed by atoms with Crippen molar-refractivity contribution in [2.75, 3.05) is 13.1 Å². The molecule has 1 saturated heterocycles. The van der Waals surface area contributed by atoms with Crippen molar-refractivity contribution in [2.24, 2.45) is 0 Å². The first-order valence-corrected chi connectivity index (χ1v) is 11.6. The molecular formula is C24H21ClF3N3O6. The predicted octanol–water partition coefficient (Wildman–Crippen LogP) is 5.69. The molecule has 0 radical (unpaired) electrons. The van der Waals surface area contributed by atoms with Gasteiger partial charge in [-0.3, -0.25) is 19.7 Å². The molecule has 1 atom stereocenters. The van der Waals surface area contributed by atoms with Crippen LogP contribution in [0, 0.1) is 21.4 Å². The number of rotatable bonds is 8. The number of hydrogen-bond donors (Lipinski definition) is 0. The second-order valence-electron chi connectivity index (χ2n) is 8.16. The van der Waals surface area contributed by atoms with Crippen molar-refractivity contribution in [1.29, 1.82) is 5.26 Å². The number of halogens is 4. The maximum absolute atomic E-state index is 13.3. The van der Waals surface area contributed by atoms with Crippen molar-refractivity contribution in [3.63, 3.8) is 0 Å². The lowest BCUT2D eigenvalue weighted by atomic mass is 9.94. The highest BCUT2D eigenvalue weighted by atomic mass is 35.5. The van der Waals surface area contributed by atoms with Crippen LogP contribution in [0.4, 0.5) is 18.9 Å². The van der Waals surface area contributed by atoms with E-state index in [1.54, 1.807) is 6.07 Å². The molecule has 0 bridgehead atoms. The molecular weight excluding hydrogens is 519 g/mol. The van der Waals surface area contributed by atoms with Crippen molar-refractivity contribution < 1.29 is 37.2 Å². The van der Waals surface area contributed by atoms with Crippen LogP contribution >= 0.6 is 11.6 Å². The van der Waals surface area contributed by atoms with Gasteiger partial charge in [-0.05, 0) is 43.5 Å². The number of Topliss-reactive ketones (excluding diaryl/α,β-unsaturated/α-hetero) is 1. The molecule has 3 rings (SSSR count). The molecule has 0 aliphatic carbocycles. The lowest BCUT2D eigenvalue weighted by Gasteiger charge is -2.33. The van der Waals surface area contributed by atoms with Gasteiger partial charge < -0.3 is 14.4 Å². The molecule has 0 saturated carbocycles. The third-order valence-corrected chi connectivity index (χ3v) is 5.99. The molecule has 9 nitrogen and oxygen atoms in total. The van der Waals surface area contributed by atoms with Gasteiger partial charge in [0.1, 0.15) is 17.6 Å². The van der Waals surface area contributed by atoms with Gasteiger partial charge in [-0.25, -0.2) is 0 Å². The summed E-state index contributed by atoms with van der Waals surface area (Å²) in [6, 6.07) is 7.02. The average Bonchev–Trinajstić information content (AvgIpc) is 2.87. The Morgan fingerprint density at radius 2 is 1.81 bits per heavy atom. The summed E-state index contributed by atoms with van der Waals surface area (Å²) in [4.78, 5) is 38.3. The number of ether oxygens (including phenoxy) is 2. The Kier molecular flexibility index (Phi) is 8.28. The minimum Gasteiger partial charge on any atom is -0.456 e. The summed E-state index contributed by atoms with van der Waals surface area (Å²) >= 11 is 5.92. The van der Waals surface area contributed by atoms with E-state index in [9.17, 15) is 38.1 Å². The highest BCUT2D eigenvalue weighted by molar-refractivity contribution is 6.32. The zero-order chi connectivity index (χ0) is 27.4. The van der Waals surface area contributed by atoms with Gasteiger partial charge in [0.15, 0.2) is 0 Å². The van der Waals surface area contributed by atoms with E-state index in [2.05, 4.69) is 0 Å². The van der Waals surface area contributed by atoms with Gasteiger partial charge in [-0.15, -0.1) is 0 Å². The number of carbonyl (C=O) groups is 2. The second-order valence-corrected chi connectivity index (χ2v) is 8.56. The number of piperidine rings is 1. The smallest absolute Gasteiger partial charge is 0.416 e. The van der Waals surface area contributed by atoms with E-state index in [0.29, 0.717) is 32.0 Å². The number of nitro benzene ring substituents is 1. The Morgan fingerprint density at radius 3 is 2.35 bits per heavy atom. The second kappa shape index (κ2) is 11.0. The van der Waals surface area contributed by atoms with E-state index in [1.165, 1.54) is 11.8 Å². The first kappa shape index (κ1) is 27.7. The molecule has 37 heavy (non-hydrogen) atoms. The van der Waals surface area contributed by atoms with Crippen LogP contribution < -0.4 is 9.47 Å². The van der Waals surface area contributed by atoms with E-state index in [1.807, 2.05) is 0 Å². The Labute approximate surface area is 214 Å². The number of carbonyl (C=O) groups excluding carboxylic acids is 2. The average molecular weight is 540 g/mol. The topological polar surface area (TPSA) is 123 Å². The number of likely N-dealkylation sites (tertiary alicyclic amines) is 1. The summed E-state index contributed by atoms with van der Waals surface area (Å²) in [5, 5.41) is 21.2. The lowest BCUT2D eigenvalue weighted by Crippen LogP contribution is -2.58. The van der Waals surface area contributed by atoms with Gasteiger partial charge in [0.25, 0.3) is 5.91 Å². The molecule has 1 aliphatic rings. The highest BCUT2D eigenvalue weighted by Gasteiger charge is 2.51. The summed E-state index contributed by atoms with van der Waals surface area (Å²) < 4.78 is 49.8. The van der Waals surface area contributed by atoms with Crippen molar-refractivity contribution in [3.8, 4) is 23.3 Å². The van der Waals surface area contributed by atoms with Crippen molar-refractivity contribution >= 4 is 29.0 Å². The Bertz CT molecular complexity index is 1260. The molecule has 1 amide bonds. The maximum atomic E-state index is 13.3. The number of benzene rings is 2. The Morgan fingerprint density at radius 1 is 1.14 bits per heavy atom. The zero-order valence-electron chi connectivity index (χ0n) is 19.5. The Balaban J connectivity index is 2.02. The molecule has 0 N–H and O–H groups in total. The number of nitro groups is 1. The van der Waals surface area contributed by atoms with Crippen LogP contribution in [-0.2, 0) is 15.8 Å². The number of nitriles is 1. The third-order valence-electron chi connectivity index (χ3n) is 5.69. The lowest BCUT2D eigenvalue weighted by molar-refractivity contribution is -0.386. The SMILES string of the molecule is CCC(=O)C(C#N)(Oc1cc(Oc2ccc(C(F)(F)F)cc2Cl)ccc1[N+](=O)[O-])C(=O)N1CCCCC1. The molecule has 1 fully saturated rings. The van der Waals surface area contributed by atoms with Crippen LogP contribution in [0.5, 0.6) is 17.2 Å². The summed E-state index contributed by atoms with van der Waals surface area (Å²) in [6.07, 6.45) is -2.72. The monoisotopic (exact) mass is 539 g/mol. The van der Waals surface area contributed by atoms with Gasteiger partial charge in [0, 0.05) is 31.6 Å². The number of alkyl halides is 3. The number of amides is 1. The molecule has 2 aromatic carbocycles. The van der Waals surface area contributed by atoms with Gasteiger partial charge in [-0.2, -0.15) is 18.4 Å². The number of hydrogen-bond acceptors (Lipinski definition) is 7.